The van der Waals surface area contributed by atoms with Crippen molar-refractivity contribution >= 4 is 59.0 Å². The van der Waals surface area contributed by atoms with E-state index in [-0.39, 0.29) is 70.6 Å². The summed E-state index contributed by atoms with van der Waals surface area (Å²) in [5.74, 6) is -4.20. The Morgan fingerprint density at radius 2 is 1.13 bits per heavy atom. The number of carbonyl (C=O) groups is 8. The first kappa shape index (κ1) is 55.1. The fraction of sp³-hybridized carbons (Fsp3) is 0.489. The van der Waals surface area contributed by atoms with Crippen LogP contribution >= 0.6 is 11.8 Å². The van der Waals surface area contributed by atoms with Gasteiger partial charge in [0.2, 0.25) is 35.4 Å². The molecule has 0 aliphatic heterocycles. The molecule has 0 atom stereocenters. The van der Waals surface area contributed by atoms with Crippen molar-refractivity contribution in [3.8, 4) is 0 Å². The molecular weight excluding hydrogens is 881 g/mol. The molecule has 0 fully saturated rings. The molecule has 0 radical (unpaired) electrons. The van der Waals surface area contributed by atoms with E-state index in [4.69, 9.17) is 5.73 Å². The number of hydrogen-bond donors (Lipinski definition) is 3. The number of carbonyl (C=O) groups excluding carboxylic acids is 7. The molecule has 4 N–H and O–H groups in total. The molecule has 364 valence electrons. The van der Waals surface area contributed by atoms with Gasteiger partial charge in [0.1, 0.15) is 13.1 Å². The second-order valence-electron chi connectivity index (χ2n) is 15.9. The largest absolute Gasteiger partial charge is 0.481 e. The number of rotatable bonds is 32. The van der Waals surface area contributed by atoms with Gasteiger partial charge in [0.05, 0.1) is 39.1 Å². The molecule has 2 heterocycles. The zero-order valence-electron chi connectivity index (χ0n) is 38.9. The molecule has 0 aliphatic carbocycles. The normalized spacial score (nSPS) is 10.7. The second-order valence-corrected chi connectivity index (χ2v) is 16.9. The number of aliphatic carboxylic acids is 1. The Balaban J connectivity index is 1.84. The molecule has 0 saturated heterocycles. The van der Waals surface area contributed by atoms with E-state index in [2.05, 4.69) is 15.3 Å². The maximum Gasteiger partial charge on any atom is 0.305 e. The lowest BCUT2D eigenvalue weighted by atomic mass is 10.2. The molecule has 0 aliphatic rings. The van der Waals surface area contributed by atoms with E-state index in [1.54, 1.807) is 36.8 Å². The number of nitrogens with one attached hydrogen (secondary N) is 1. The number of aromatic nitrogens is 2. The predicted octanol–water partition coefficient (Wildman–Crippen LogP) is 1.51. The first-order valence-electron chi connectivity index (χ1n) is 22.3. The van der Waals surface area contributed by atoms with Gasteiger partial charge in [0, 0.05) is 83.3 Å². The van der Waals surface area contributed by atoms with Gasteiger partial charge in [-0.15, -0.1) is 0 Å². The van der Waals surface area contributed by atoms with Crippen molar-refractivity contribution in [2.75, 3.05) is 91.0 Å². The average molecular weight is 947 g/mol. The highest BCUT2D eigenvalue weighted by molar-refractivity contribution is 7.98. The third-order valence-corrected chi connectivity index (χ3v) is 11.1. The zero-order chi connectivity index (χ0) is 49.0. The molecular formula is C47H66N10O9S. The van der Waals surface area contributed by atoms with Crippen molar-refractivity contribution in [3.63, 3.8) is 0 Å². The van der Waals surface area contributed by atoms with Crippen molar-refractivity contribution in [1.29, 1.82) is 0 Å². The number of ketones is 1. The van der Waals surface area contributed by atoms with Crippen LogP contribution in [-0.2, 0) is 58.0 Å². The van der Waals surface area contributed by atoms with Crippen LogP contribution in [0.3, 0.4) is 0 Å². The smallest absolute Gasteiger partial charge is 0.305 e. The van der Waals surface area contributed by atoms with E-state index in [0.717, 1.165) is 22.4 Å². The summed E-state index contributed by atoms with van der Waals surface area (Å²) in [6.07, 6.45) is 9.84. The van der Waals surface area contributed by atoms with Crippen molar-refractivity contribution in [2.45, 2.75) is 58.7 Å². The quantitative estimate of drug-likeness (QED) is 0.0805. The summed E-state index contributed by atoms with van der Waals surface area (Å²) < 4.78 is 0. The summed E-state index contributed by atoms with van der Waals surface area (Å²) in [6, 6.07) is 16.3. The maximum absolute atomic E-state index is 14.3. The second kappa shape index (κ2) is 30.9. The van der Waals surface area contributed by atoms with E-state index in [0.29, 0.717) is 37.1 Å². The number of carboxylic acid groups (broad SMARTS) is 1. The number of thioether (sulfide) groups is 1. The lowest BCUT2D eigenvalue weighted by Gasteiger charge is -2.32. The number of nitrogens with zero attached hydrogens (tertiary/aromatic N) is 8. The molecule has 3 aromatic rings. The van der Waals surface area contributed by atoms with Gasteiger partial charge in [0.25, 0.3) is 0 Å². The van der Waals surface area contributed by atoms with Gasteiger partial charge >= 0.3 is 5.97 Å². The molecule has 20 heteroatoms. The number of carboxylic acids is 1. The van der Waals surface area contributed by atoms with Crippen LogP contribution in [0, 0.1) is 0 Å². The number of pyridine rings is 2. The molecule has 6 amide bonds. The van der Waals surface area contributed by atoms with Gasteiger partial charge in [-0.25, -0.2) is 0 Å². The molecule has 19 nitrogen and oxygen atoms in total. The van der Waals surface area contributed by atoms with Crippen LogP contribution in [0.25, 0.3) is 0 Å². The molecule has 2 aromatic heterocycles. The Kier molecular flexibility index (Phi) is 25.4. The standard InChI is InChI=1S/C47H66N10O9S/c1-4-5-16-40(58)31-52(2)42(60)32-54(22-17-47(65)66)44(62)36-57(30-39-15-10-20-50-27-39)46(64)34-53(21-11-18-48)43(61)33-55(23-24-67-3)45(63)35-56(29-37-12-7-6-8-13-37)41(59)28-51-26-38-14-9-19-49-25-38/h6-10,12-15,19-20,25,27,51H,4-5,11,16-18,21-24,26,28-36,48H2,1-3H3,(H,65,66). The van der Waals surface area contributed by atoms with Gasteiger partial charge in [-0.3, -0.25) is 48.3 Å². The van der Waals surface area contributed by atoms with Gasteiger partial charge in [-0.05, 0) is 54.5 Å². The highest BCUT2D eigenvalue weighted by atomic mass is 32.2. The van der Waals surface area contributed by atoms with Crippen LogP contribution in [0.5, 0.6) is 0 Å². The Labute approximate surface area is 397 Å². The summed E-state index contributed by atoms with van der Waals surface area (Å²) in [4.78, 5) is 123. The predicted molar refractivity (Wildman–Crippen MR) is 254 cm³/mol. The van der Waals surface area contributed by atoms with Crippen LogP contribution in [-0.4, -0.2) is 183 Å². The first-order chi connectivity index (χ1) is 32.2. The topological polar surface area (TPSA) is 240 Å². The van der Waals surface area contributed by atoms with Crippen LogP contribution in [0.2, 0.25) is 0 Å². The number of likely N-dealkylation sites (N-methyl/N-ethyl adjacent to an activating group) is 1. The van der Waals surface area contributed by atoms with Crippen molar-refractivity contribution in [2.24, 2.45) is 5.73 Å². The van der Waals surface area contributed by atoms with Crippen LogP contribution in [0.15, 0.2) is 79.4 Å². The summed E-state index contributed by atoms with van der Waals surface area (Å²) in [6.45, 7) is -0.182. The van der Waals surface area contributed by atoms with Crippen LogP contribution < -0.4 is 11.1 Å². The Morgan fingerprint density at radius 3 is 1.70 bits per heavy atom. The van der Waals surface area contributed by atoms with E-state index >= 15 is 0 Å². The van der Waals surface area contributed by atoms with E-state index in [1.807, 2.05) is 49.6 Å². The zero-order valence-corrected chi connectivity index (χ0v) is 39.7. The molecule has 1 aromatic carbocycles. The van der Waals surface area contributed by atoms with E-state index < -0.39 is 68.1 Å². The number of benzene rings is 1. The van der Waals surface area contributed by atoms with Gasteiger partial charge in [-0.2, -0.15) is 11.8 Å². The van der Waals surface area contributed by atoms with Gasteiger partial charge < -0.3 is 45.6 Å². The third kappa shape index (κ3) is 21.3. The lowest BCUT2D eigenvalue weighted by molar-refractivity contribution is -0.148. The SMILES string of the molecule is CCCCC(=O)CN(C)C(=O)CN(CCC(=O)O)C(=O)CN(Cc1cccnc1)C(=O)CN(CCCN)C(=O)CN(CCSC)C(=O)CN(Cc1ccccc1)C(=O)CNCc1cccnc1. The first-order valence-corrected chi connectivity index (χ1v) is 23.7. The van der Waals surface area contributed by atoms with Crippen molar-refractivity contribution in [1.82, 2.24) is 44.7 Å². The van der Waals surface area contributed by atoms with Crippen LogP contribution in [0.1, 0.15) is 55.7 Å². The fourth-order valence-corrected chi connectivity index (χ4v) is 7.04. The van der Waals surface area contributed by atoms with Crippen molar-refractivity contribution < 1.29 is 43.5 Å². The Hall–Kier alpha value is -6.25. The molecule has 0 unspecified atom stereocenters. The summed E-state index contributed by atoms with van der Waals surface area (Å²) in [7, 11) is 1.43. The average Bonchev–Trinajstić information content (AvgIpc) is 3.32. The third-order valence-electron chi connectivity index (χ3n) is 10.5. The lowest BCUT2D eigenvalue weighted by Crippen LogP contribution is -2.52. The van der Waals surface area contributed by atoms with E-state index in [9.17, 15) is 43.5 Å². The fourth-order valence-electron chi connectivity index (χ4n) is 6.64. The molecule has 3 rings (SSSR count). The number of amides is 6. The summed E-state index contributed by atoms with van der Waals surface area (Å²) in [5.41, 5.74) is 8.10. The summed E-state index contributed by atoms with van der Waals surface area (Å²) >= 11 is 1.47. The maximum atomic E-state index is 14.3. The minimum absolute atomic E-state index is 0.0457. The Morgan fingerprint density at radius 1 is 0.612 bits per heavy atom. The molecule has 0 bridgehead atoms. The van der Waals surface area contributed by atoms with E-state index in [1.165, 1.54) is 49.5 Å². The number of nitrogens with two attached hydrogens (primary N) is 1. The number of unbranched alkanes of at least 4 members (excludes halogenated alkanes) is 1. The highest BCUT2D eigenvalue weighted by Gasteiger charge is 2.30. The van der Waals surface area contributed by atoms with Crippen LogP contribution in [0.4, 0.5) is 0 Å². The highest BCUT2D eigenvalue weighted by Crippen LogP contribution is 2.11. The van der Waals surface area contributed by atoms with Crippen molar-refractivity contribution in [3.05, 3.63) is 96.1 Å². The van der Waals surface area contributed by atoms with Gasteiger partial charge in [0.15, 0.2) is 5.78 Å². The molecule has 0 spiro atoms. The minimum Gasteiger partial charge on any atom is -0.481 e. The monoisotopic (exact) mass is 946 g/mol. The summed E-state index contributed by atoms with van der Waals surface area (Å²) in [5, 5.41) is 12.6. The minimum atomic E-state index is -1.21. The Bertz CT molecular complexity index is 2040. The van der Waals surface area contributed by atoms with Gasteiger partial charge in [-0.1, -0.05) is 55.8 Å². The number of hydrogen-bond acceptors (Lipinski definition) is 13. The number of Topliss-reactive ketones (excluding diaryl/α,β-unsaturated/α-hetero) is 1. The molecule has 0 saturated carbocycles. The molecule has 67 heavy (non-hydrogen) atoms.